The fraction of sp³-hybridized carbons (Fsp3) is 0.583. The summed E-state index contributed by atoms with van der Waals surface area (Å²) in [6.07, 6.45) is 5.74. The third-order valence-corrected chi connectivity index (χ3v) is 3.87. The monoisotopic (exact) mass is 246 g/mol. The van der Waals surface area contributed by atoms with Crippen LogP contribution in [0, 0.1) is 0 Å². The van der Waals surface area contributed by atoms with Crippen molar-refractivity contribution in [3.63, 3.8) is 0 Å². The van der Waals surface area contributed by atoms with Gasteiger partial charge >= 0.3 is 0 Å². The van der Waals surface area contributed by atoms with Gasteiger partial charge in [0.25, 0.3) is 0 Å². The third kappa shape index (κ3) is 1.92. The number of fused-ring (bicyclic) bond motifs is 1. The van der Waals surface area contributed by atoms with Gasteiger partial charge in [-0.15, -0.1) is 0 Å². The Morgan fingerprint density at radius 3 is 3.22 bits per heavy atom. The van der Waals surface area contributed by atoms with Crippen LogP contribution in [0.1, 0.15) is 19.8 Å². The van der Waals surface area contributed by atoms with Crippen molar-refractivity contribution in [3.05, 3.63) is 12.5 Å². The standard InChI is InChI=1S/C12H18N6/c1-8-10(4-3-5-18(8)2)16-11-9-6-15-17-12(9)14-7-13-11/h6-8,10H,3-5H2,1-2H3,(H2,13,14,15,16,17). The molecule has 2 N–H and O–H groups in total. The topological polar surface area (TPSA) is 69.7 Å². The quantitative estimate of drug-likeness (QED) is 0.834. The zero-order chi connectivity index (χ0) is 12.5. The molecule has 0 amide bonds. The van der Waals surface area contributed by atoms with E-state index >= 15 is 0 Å². The molecule has 0 saturated carbocycles. The molecule has 3 rings (SSSR count). The number of hydrogen-bond acceptors (Lipinski definition) is 5. The molecule has 1 fully saturated rings. The van der Waals surface area contributed by atoms with E-state index in [1.165, 1.54) is 19.4 Å². The highest BCUT2D eigenvalue weighted by molar-refractivity contribution is 5.85. The Balaban J connectivity index is 1.85. The molecule has 0 aliphatic carbocycles. The largest absolute Gasteiger partial charge is 0.365 e. The van der Waals surface area contributed by atoms with E-state index in [1.54, 1.807) is 12.5 Å². The molecule has 2 aromatic heterocycles. The number of piperidine rings is 1. The summed E-state index contributed by atoms with van der Waals surface area (Å²) in [7, 11) is 2.17. The maximum absolute atomic E-state index is 4.33. The summed E-state index contributed by atoms with van der Waals surface area (Å²) in [5, 5.41) is 11.4. The van der Waals surface area contributed by atoms with Crippen molar-refractivity contribution >= 4 is 16.9 Å². The Morgan fingerprint density at radius 2 is 2.33 bits per heavy atom. The van der Waals surface area contributed by atoms with E-state index < -0.39 is 0 Å². The van der Waals surface area contributed by atoms with Crippen molar-refractivity contribution in [2.24, 2.45) is 0 Å². The number of rotatable bonds is 2. The van der Waals surface area contributed by atoms with Gasteiger partial charge in [-0.1, -0.05) is 0 Å². The van der Waals surface area contributed by atoms with Gasteiger partial charge in [-0.3, -0.25) is 5.10 Å². The van der Waals surface area contributed by atoms with E-state index in [0.717, 1.165) is 16.9 Å². The second-order valence-corrected chi connectivity index (χ2v) is 4.97. The summed E-state index contributed by atoms with van der Waals surface area (Å²) < 4.78 is 0. The smallest absolute Gasteiger partial charge is 0.160 e. The van der Waals surface area contributed by atoms with Gasteiger partial charge in [-0.25, -0.2) is 9.97 Å². The maximum atomic E-state index is 4.33. The molecule has 6 heteroatoms. The van der Waals surface area contributed by atoms with Gasteiger partial charge in [0.2, 0.25) is 0 Å². The van der Waals surface area contributed by atoms with Crippen LogP contribution in [0.2, 0.25) is 0 Å². The lowest BCUT2D eigenvalue weighted by atomic mass is 9.98. The number of nitrogens with one attached hydrogen (secondary N) is 2. The molecular weight excluding hydrogens is 228 g/mol. The van der Waals surface area contributed by atoms with Crippen LogP contribution in [0.25, 0.3) is 11.0 Å². The van der Waals surface area contributed by atoms with E-state index in [1.807, 2.05) is 0 Å². The van der Waals surface area contributed by atoms with Crippen molar-refractivity contribution in [3.8, 4) is 0 Å². The lowest BCUT2D eigenvalue weighted by molar-refractivity contribution is 0.184. The van der Waals surface area contributed by atoms with Crippen molar-refractivity contribution in [1.82, 2.24) is 25.1 Å². The first-order valence-electron chi connectivity index (χ1n) is 6.36. The van der Waals surface area contributed by atoms with E-state index in [2.05, 4.69) is 44.4 Å². The molecule has 1 saturated heterocycles. The van der Waals surface area contributed by atoms with Gasteiger partial charge in [0.15, 0.2) is 5.65 Å². The first-order valence-corrected chi connectivity index (χ1v) is 6.36. The molecule has 0 aromatic carbocycles. The fourth-order valence-corrected chi connectivity index (χ4v) is 2.56. The number of hydrogen-bond donors (Lipinski definition) is 2. The van der Waals surface area contributed by atoms with Crippen molar-refractivity contribution < 1.29 is 0 Å². The highest BCUT2D eigenvalue weighted by atomic mass is 15.2. The van der Waals surface area contributed by atoms with E-state index in [0.29, 0.717) is 12.1 Å². The molecule has 0 spiro atoms. The fourth-order valence-electron chi connectivity index (χ4n) is 2.56. The molecule has 3 heterocycles. The molecule has 0 radical (unpaired) electrons. The Bertz CT molecular complexity index is 536. The number of aromatic nitrogens is 4. The highest BCUT2D eigenvalue weighted by Crippen LogP contribution is 2.22. The van der Waals surface area contributed by atoms with Crippen LogP contribution in [0.15, 0.2) is 12.5 Å². The second kappa shape index (κ2) is 4.53. The minimum atomic E-state index is 0.428. The summed E-state index contributed by atoms with van der Waals surface area (Å²) in [4.78, 5) is 10.9. The SMILES string of the molecule is CC1C(Nc2ncnc3[nH]ncc23)CCCN1C. The van der Waals surface area contributed by atoms with E-state index in [9.17, 15) is 0 Å². The number of likely N-dealkylation sites (N-methyl/N-ethyl adjacent to an activating group) is 1. The third-order valence-electron chi connectivity index (χ3n) is 3.87. The van der Waals surface area contributed by atoms with Gasteiger partial charge < -0.3 is 10.2 Å². The molecule has 96 valence electrons. The number of nitrogens with zero attached hydrogens (tertiary/aromatic N) is 4. The molecular formula is C12H18N6. The highest BCUT2D eigenvalue weighted by Gasteiger charge is 2.25. The first-order chi connectivity index (χ1) is 8.75. The molecule has 2 atom stereocenters. The summed E-state index contributed by atoms with van der Waals surface area (Å²) in [5.74, 6) is 0.876. The number of likely N-dealkylation sites (tertiary alicyclic amines) is 1. The Kier molecular flexibility index (Phi) is 2.87. The minimum Gasteiger partial charge on any atom is -0.365 e. The second-order valence-electron chi connectivity index (χ2n) is 4.97. The lowest BCUT2D eigenvalue weighted by Crippen LogP contribution is -2.47. The average Bonchev–Trinajstić information content (AvgIpc) is 2.84. The van der Waals surface area contributed by atoms with Crippen LogP contribution >= 0.6 is 0 Å². The minimum absolute atomic E-state index is 0.428. The lowest BCUT2D eigenvalue weighted by Gasteiger charge is -2.37. The van der Waals surface area contributed by atoms with Crippen molar-refractivity contribution in [1.29, 1.82) is 0 Å². The summed E-state index contributed by atoms with van der Waals surface area (Å²) in [6, 6.07) is 0.937. The normalized spacial score (nSPS) is 25.4. The van der Waals surface area contributed by atoms with Crippen LogP contribution in [-0.4, -0.2) is 50.7 Å². The molecule has 0 bridgehead atoms. The Hall–Kier alpha value is -1.69. The molecule has 2 unspecified atom stereocenters. The Labute approximate surface area is 106 Å². The van der Waals surface area contributed by atoms with Gasteiger partial charge in [-0.2, -0.15) is 5.10 Å². The van der Waals surface area contributed by atoms with Crippen LogP contribution in [0.3, 0.4) is 0 Å². The van der Waals surface area contributed by atoms with Crippen LogP contribution in [0.4, 0.5) is 5.82 Å². The van der Waals surface area contributed by atoms with Crippen LogP contribution in [0.5, 0.6) is 0 Å². The molecule has 1 aliphatic rings. The number of anilines is 1. The van der Waals surface area contributed by atoms with Crippen LogP contribution < -0.4 is 5.32 Å². The molecule has 2 aromatic rings. The van der Waals surface area contributed by atoms with Crippen LogP contribution in [-0.2, 0) is 0 Å². The average molecular weight is 246 g/mol. The zero-order valence-corrected chi connectivity index (χ0v) is 10.7. The molecule has 1 aliphatic heterocycles. The predicted octanol–water partition coefficient (Wildman–Crippen LogP) is 1.25. The molecule has 6 nitrogen and oxygen atoms in total. The Morgan fingerprint density at radius 1 is 1.44 bits per heavy atom. The first kappa shape index (κ1) is 11.4. The molecule has 18 heavy (non-hydrogen) atoms. The van der Waals surface area contributed by atoms with Crippen molar-refractivity contribution in [2.45, 2.75) is 31.8 Å². The van der Waals surface area contributed by atoms with E-state index in [4.69, 9.17) is 0 Å². The van der Waals surface area contributed by atoms with Gasteiger partial charge in [0.1, 0.15) is 12.1 Å². The van der Waals surface area contributed by atoms with Gasteiger partial charge in [0, 0.05) is 12.1 Å². The van der Waals surface area contributed by atoms with Crippen molar-refractivity contribution in [2.75, 3.05) is 18.9 Å². The predicted molar refractivity (Wildman–Crippen MR) is 70.4 cm³/mol. The number of aromatic amines is 1. The zero-order valence-electron chi connectivity index (χ0n) is 10.7. The summed E-state index contributed by atoms with van der Waals surface area (Å²) >= 11 is 0. The van der Waals surface area contributed by atoms with Gasteiger partial charge in [-0.05, 0) is 33.4 Å². The summed E-state index contributed by atoms with van der Waals surface area (Å²) in [5.41, 5.74) is 0.782. The maximum Gasteiger partial charge on any atom is 0.160 e. The summed E-state index contributed by atoms with van der Waals surface area (Å²) in [6.45, 7) is 3.43. The van der Waals surface area contributed by atoms with Gasteiger partial charge in [0.05, 0.1) is 11.6 Å². The number of H-pyrrole nitrogens is 1. The van der Waals surface area contributed by atoms with E-state index in [-0.39, 0.29) is 0 Å².